The third kappa shape index (κ3) is 4.57. The molecule has 2 aromatic carbocycles. The van der Waals surface area contributed by atoms with Crippen LogP contribution in [0.15, 0.2) is 60.3 Å². The standard InChI is InChI=1S/C25H25N3O3S/c1-3-16(2)17-8-10-19(11-9-17)31-13-12-28-15-18(20-6-4-5-7-22(20)28)14-21-23(29)26-25(32)27-24(21)30/h4-11,14-16H,3,12-13H2,1-2H3,(H2,26,27,29,30,32). The average Bonchev–Trinajstić information content (AvgIpc) is 3.14. The van der Waals surface area contributed by atoms with Gasteiger partial charge in [-0.1, -0.05) is 44.2 Å². The Morgan fingerprint density at radius 2 is 1.75 bits per heavy atom. The van der Waals surface area contributed by atoms with Crippen LogP contribution in [0, 0.1) is 0 Å². The Bertz CT molecular complexity index is 1190. The fourth-order valence-corrected chi connectivity index (χ4v) is 3.91. The Kier molecular flexibility index (Phi) is 6.37. The van der Waals surface area contributed by atoms with Crippen molar-refractivity contribution in [1.29, 1.82) is 0 Å². The van der Waals surface area contributed by atoms with E-state index in [4.69, 9.17) is 17.0 Å². The van der Waals surface area contributed by atoms with Crippen LogP contribution >= 0.6 is 12.2 Å². The van der Waals surface area contributed by atoms with E-state index in [2.05, 4.69) is 41.2 Å². The van der Waals surface area contributed by atoms with Gasteiger partial charge in [-0.25, -0.2) is 0 Å². The molecule has 0 spiro atoms. The van der Waals surface area contributed by atoms with Crippen LogP contribution in [-0.4, -0.2) is 28.1 Å². The zero-order valence-electron chi connectivity index (χ0n) is 18.1. The molecule has 2 amide bonds. The normalized spacial score (nSPS) is 14.8. The minimum absolute atomic E-state index is 0.0221. The van der Waals surface area contributed by atoms with E-state index in [1.807, 2.05) is 42.6 Å². The Hall–Kier alpha value is -3.45. The number of rotatable bonds is 7. The number of para-hydroxylation sites is 1. The zero-order chi connectivity index (χ0) is 22.7. The quantitative estimate of drug-likeness (QED) is 0.324. The highest BCUT2D eigenvalue weighted by molar-refractivity contribution is 7.80. The molecule has 32 heavy (non-hydrogen) atoms. The molecule has 0 aliphatic carbocycles. The van der Waals surface area contributed by atoms with Crippen LogP contribution in [0.4, 0.5) is 0 Å². The zero-order valence-corrected chi connectivity index (χ0v) is 18.9. The summed E-state index contributed by atoms with van der Waals surface area (Å²) in [5, 5.41) is 5.91. The SMILES string of the molecule is CCC(C)c1ccc(OCCn2cc(C=C3C(=O)NC(=S)NC3=O)c3ccccc32)cc1. The van der Waals surface area contributed by atoms with Gasteiger partial charge < -0.3 is 9.30 Å². The first-order valence-electron chi connectivity index (χ1n) is 10.6. The Balaban J connectivity index is 1.52. The molecule has 1 unspecified atom stereocenters. The van der Waals surface area contributed by atoms with Crippen LogP contribution in [0.1, 0.15) is 37.3 Å². The lowest BCUT2D eigenvalue weighted by Crippen LogP contribution is -2.51. The van der Waals surface area contributed by atoms with Crippen molar-refractivity contribution in [3.05, 3.63) is 71.4 Å². The van der Waals surface area contributed by atoms with Gasteiger partial charge in [0.1, 0.15) is 17.9 Å². The van der Waals surface area contributed by atoms with E-state index in [1.54, 1.807) is 6.08 Å². The van der Waals surface area contributed by atoms with Gasteiger partial charge in [0.15, 0.2) is 5.11 Å². The van der Waals surface area contributed by atoms with E-state index in [-0.39, 0.29) is 10.7 Å². The molecule has 1 atom stereocenters. The average molecular weight is 448 g/mol. The summed E-state index contributed by atoms with van der Waals surface area (Å²) in [6.45, 7) is 5.52. The van der Waals surface area contributed by atoms with Gasteiger partial charge in [-0.3, -0.25) is 20.2 Å². The highest BCUT2D eigenvalue weighted by Crippen LogP contribution is 2.25. The number of ether oxygens (including phenoxy) is 1. The number of aromatic nitrogens is 1. The van der Waals surface area contributed by atoms with Gasteiger partial charge in [0, 0.05) is 22.7 Å². The maximum atomic E-state index is 12.2. The number of thiocarbonyl (C=S) groups is 1. The second kappa shape index (κ2) is 9.36. The van der Waals surface area contributed by atoms with Crippen molar-refractivity contribution in [2.45, 2.75) is 32.7 Å². The molecule has 1 aliphatic heterocycles. The van der Waals surface area contributed by atoms with Gasteiger partial charge in [0.2, 0.25) is 0 Å². The predicted octanol–water partition coefficient (Wildman–Crippen LogP) is 4.15. The molecular formula is C25H25N3O3S. The number of carbonyl (C=O) groups excluding carboxylic acids is 2. The summed E-state index contributed by atoms with van der Waals surface area (Å²) in [7, 11) is 0. The van der Waals surface area contributed by atoms with Gasteiger partial charge in [-0.2, -0.15) is 0 Å². The summed E-state index contributed by atoms with van der Waals surface area (Å²) in [5.41, 5.74) is 3.12. The topological polar surface area (TPSA) is 72.4 Å². The van der Waals surface area contributed by atoms with Gasteiger partial charge >= 0.3 is 0 Å². The first-order valence-corrected chi connectivity index (χ1v) is 11.1. The van der Waals surface area contributed by atoms with Crippen molar-refractivity contribution < 1.29 is 14.3 Å². The second-order valence-corrected chi connectivity index (χ2v) is 8.23. The second-order valence-electron chi connectivity index (χ2n) is 7.82. The molecular weight excluding hydrogens is 422 g/mol. The summed E-state index contributed by atoms with van der Waals surface area (Å²) in [6, 6.07) is 16.1. The fraction of sp³-hybridized carbons (Fsp3) is 0.240. The number of carbonyl (C=O) groups is 2. The highest BCUT2D eigenvalue weighted by Gasteiger charge is 2.26. The molecule has 6 nitrogen and oxygen atoms in total. The Morgan fingerprint density at radius 1 is 1.06 bits per heavy atom. The molecule has 1 aromatic heterocycles. The lowest BCUT2D eigenvalue weighted by atomic mass is 9.99. The molecule has 2 N–H and O–H groups in total. The number of amides is 2. The summed E-state index contributed by atoms with van der Waals surface area (Å²) in [5.74, 6) is 0.369. The number of nitrogens with one attached hydrogen (secondary N) is 2. The largest absolute Gasteiger partial charge is 0.492 e. The highest BCUT2D eigenvalue weighted by atomic mass is 32.1. The third-order valence-electron chi connectivity index (χ3n) is 5.73. The molecule has 0 bridgehead atoms. The molecule has 3 aromatic rings. The van der Waals surface area contributed by atoms with Gasteiger partial charge in [-0.05, 0) is 54.4 Å². The monoisotopic (exact) mass is 447 g/mol. The van der Waals surface area contributed by atoms with E-state index >= 15 is 0 Å². The molecule has 164 valence electrons. The van der Waals surface area contributed by atoms with Gasteiger partial charge in [-0.15, -0.1) is 0 Å². The number of benzene rings is 2. The van der Waals surface area contributed by atoms with E-state index in [0.717, 1.165) is 28.6 Å². The summed E-state index contributed by atoms with van der Waals surface area (Å²) in [4.78, 5) is 24.4. The van der Waals surface area contributed by atoms with E-state index in [9.17, 15) is 9.59 Å². The first-order chi connectivity index (χ1) is 15.5. The predicted molar refractivity (Wildman–Crippen MR) is 129 cm³/mol. The van der Waals surface area contributed by atoms with Crippen molar-refractivity contribution in [2.75, 3.05) is 6.61 Å². The van der Waals surface area contributed by atoms with Crippen LogP contribution in [0.5, 0.6) is 5.75 Å². The molecule has 1 saturated heterocycles. The number of fused-ring (bicyclic) bond motifs is 1. The molecule has 2 heterocycles. The van der Waals surface area contributed by atoms with Crippen molar-refractivity contribution >= 4 is 46.1 Å². The van der Waals surface area contributed by atoms with E-state index < -0.39 is 11.8 Å². The third-order valence-corrected chi connectivity index (χ3v) is 5.93. The molecule has 7 heteroatoms. The van der Waals surface area contributed by atoms with Crippen LogP contribution in [0.25, 0.3) is 17.0 Å². The summed E-state index contributed by atoms with van der Waals surface area (Å²) < 4.78 is 8.02. The minimum Gasteiger partial charge on any atom is -0.492 e. The smallest absolute Gasteiger partial charge is 0.263 e. The number of nitrogens with zero attached hydrogens (tertiary/aromatic N) is 1. The van der Waals surface area contributed by atoms with Crippen LogP contribution in [-0.2, 0) is 16.1 Å². The molecule has 4 rings (SSSR count). The van der Waals surface area contributed by atoms with Crippen molar-refractivity contribution in [3.8, 4) is 5.75 Å². The molecule has 0 radical (unpaired) electrons. The maximum absolute atomic E-state index is 12.2. The molecule has 1 aliphatic rings. The maximum Gasteiger partial charge on any atom is 0.263 e. The van der Waals surface area contributed by atoms with Crippen molar-refractivity contribution in [2.24, 2.45) is 0 Å². The minimum atomic E-state index is -0.500. The lowest BCUT2D eigenvalue weighted by molar-refractivity contribution is -0.123. The fourth-order valence-electron chi connectivity index (χ4n) is 3.73. The Morgan fingerprint density at radius 3 is 2.44 bits per heavy atom. The first kappa shape index (κ1) is 21.8. The number of hydrogen-bond donors (Lipinski definition) is 2. The van der Waals surface area contributed by atoms with Crippen LogP contribution in [0.3, 0.4) is 0 Å². The van der Waals surface area contributed by atoms with Crippen molar-refractivity contribution in [3.63, 3.8) is 0 Å². The van der Waals surface area contributed by atoms with Crippen LogP contribution in [0.2, 0.25) is 0 Å². The lowest BCUT2D eigenvalue weighted by Gasteiger charge is -2.16. The van der Waals surface area contributed by atoms with E-state index in [1.165, 1.54) is 5.56 Å². The molecule has 0 saturated carbocycles. The molecule has 1 fully saturated rings. The van der Waals surface area contributed by atoms with Gasteiger partial charge in [0.25, 0.3) is 11.8 Å². The van der Waals surface area contributed by atoms with Crippen LogP contribution < -0.4 is 15.4 Å². The Labute approximate surface area is 192 Å². The van der Waals surface area contributed by atoms with Gasteiger partial charge in [0.05, 0.1) is 6.54 Å². The van der Waals surface area contributed by atoms with Crippen molar-refractivity contribution in [1.82, 2.24) is 15.2 Å². The number of hydrogen-bond acceptors (Lipinski definition) is 4. The van der Waals surface area contributed by atoms with E-state index in [0.29, 0.717) is 19.1 Å². The summed E-state index contributed by atoms with van der Waals surface area (Å²) in [6.07, 6.45) is 4.63. The summed E-state index contributed by atoms with van der Waals surface area (Å²) >= 11 is 4.86.